The molecule has 4 heteroatoms. The summed E-state index contributed by atoms with van der Waals surface area (Å²) in [4.78, 5) is 12.4. The summed E-state index contributed by atoms with van der Waals surface area (Å²) >= 11 is 0. The maximum absolute atomic E-state index is 10.3. The van der Waals surface area contributed by atoms with Crippen LogP contribution >= 0.6 is 0 Å². The van der Waals surface area contributed by atoms with Crippen LogP contribution < -0.4 is 0 Å². The first kappa shape index (κ1) is 10.5. The quantitative estimate of drug-likeness (QED) is 0.661. The van der Waals surface area contributed by atoms with Gasteiger partial charge in [0.15, 0.2) is 0 Å². The third-order valence-corrected chi connectivity index (χ3v) is 2.59. The number of hydrogen-bond donors (Lipinski definition) is 2. The highest BCUT2D eigenvalue weighted by molar-refractivity contribution is 5.66. The van der Waals surface area contributed by atoms with Crippen LogP contribution in [0.1, 0.15) is 19.8 Å². The molecule has 2 atom stereocenters. The van der Waals surface area contributed by atoms with Gasteiger partial charge in [-0.05, 0) is 12.3 Å². The second kappa shape index (κ2) is 4.58. The molecule has 0 radical (unpaired) electrons. The molecule has 13 heavy (non-hydrogen) atoms. The van der Waals surface area contributed by atoms with E-state index in [9.17, 15) is 9.90 Å². The molecule has 0 aliphatic carbocycles. The van der Waals surface area contributed by atoms with Gasteiger partial charge in [0.2, 0.25) is 0 Å². The van der Waals surface area contributed by atoms with Crippen molar-refractivity contribution in [3.8, 4) is 0 Å². The maximum Gasteiger partial charge on any atom is 0.304 e. The van der Waals surface area contributed by atoms with Crippen molar-refractivity contribution < 1.29 is 15.0 Å². The number of rotatable bonds is 3. The SMILES string of the molecule is C[C@@H]1CN(CCC(=O)O)CC[C@H]1O. The summed E-state index contributed by atoms with van der Waals surface area (Å²) in [6.07, 6.45) is 0.755. The molecule has 4 nitrogen and oxygen atoms in total. The van der Waals surface area contributed by atoms with E-state index in [1.807, 2.05) is 6.92 Å². The number of nitrogens with zero attached hydrogens (tertiary/aromatic N) is 1. The molecular weight excluding hydrogens is 170 g/mol. The highest BCUT2D eigenvalue weighted by atomic mass is 16.4. The first-order valence-electron chi connectivity index (χ1n) is 4.72. The molecule has 0 saturated carbocycles. The van der Waals surface area contributed by atoms with E-state index in [0.29, 0.717) is 6.54 Å². The topological polar surface area (TPSA) is 60.8 Å². The van der Waals surface area contributed by atoms with Gasteiger partial charge in [0.05, 0.1) is 12.5 Å². The van der Waals surface area contributed by atoms with Crippen LogP contribution in [0.2, 0.25) is 0 Å². The number of aliphatic hydroxyl groups excluding tert-OH is 1. The minimum absolute atomic E-state index is 0.197. The van der Waals surface area contributed by atoms with Crippen molar-refractivity contribution in [2.24, 2.45) is 5.92 Å². The van der Waals surface area contributed by atoms with Crippen LogP contribution in [-0.4, -0.2) is 46.8 Å². The molecule has 0 amide bonds. The monoisotopic (exact) mass is 187 g/mol. The Labute approximate surface area is 78.2 Å². The summed E-state index contributed by atoms with van der Waals surface area (Å²) in [5.74, 6) is -0.485. The molecule has 1 heterocycles. The van der Waals surface area contributed by atoms with Crippen LogP contribution in [0, 0.1) is 5.92 Å². The van der Waals surface area contributed by atoms with Gasteiger partial charge in [-0.15, -0.1) is 0 Å². The molecule has 1 aliphatic rings. The van der Waals surface area contributed by atoms with Crippen molar-refractivity contribution >= 4 is 5.97 Å². The van der Waals surface area contributed by atoms with E-state index in [4.69, 9.17) is 5.11 Å². The normalized spacial score (nSPS) is 30.3. The van der Waals surface area contributed by atoms with Crippen molar-refractivity contribution in [3.05, 3.63) is 0 Å². The molecule has 2 N–H and O–H groups in total. The first-order chi connectivity index (χ1) is 6.09. The Morgan fingerprint density at radius 2 is 2.31 bits per heavy atom. The molecule has 0 spiro atoms. The summed E-state index contributed by atoms with van der Waals surface area (Å²) in [5.41, 5.74) is 0. The van der Waals surface area contributed by atoms with Crippen molar-refractivity contribution in [3.63, 3.8) is 0 Å². The van der Waals surface area contributed by atoms with E-state index in [-0.39, 0.29) is 18.4 Å². The lowest BCUT2D eigenvalue weighted by atomic mass is 9.97. The van der Waals surface area contributed by atoms with Crippen LogP contribution in [0.25, 0.3) is 0 Å². The lowest BCUT2D eigenvalue weighted by Crippen LogP contribution is -2.42. The van der Waals surface area contributed by atoms with Crippen LogP contribution in [0.4, 0.5) is 0 Å². The Hall–Kier alpha value is -0.610. The highest BCUT2D eigenvalue weighted by Gasteiger charge is 2.23. The van der Waals surface area contributed by atoms with Crippen LogP contribution in [-0.2, 0) is 4.79 Å². The Kier molecular flexibility index (Phi) is 3.69. The second-order valence-electron chi connectivity index (χ2n) is 3.78. The van der Waals surface area contributed by atoms with Gasteiger partial charge in [0, 0.05) is 19.6 Å². The molecular formula is C9H17NO3. The number of aliphatic carboxylic acids is 1. The van der Waals surface area contributed by atoms with Crippen LogP contribution in [0.5, 0.6) is 0 Å². The van der Waals surface area contributed by atoms with Gasteiger partial charge < -0.3 is 15.1 Å². The van der Waals surface area contributed by atoms with E-state index < -0.39 is 5.97 Å². The fourth-order valence-electron chi connectivity index (χ4n) is 1.68. The molecule has 1 fully saturated rings. The molecule has 76 valence electrons. The van der Waals surface area contributed by atoms with Gasteiger partial charge in [0.25, 0.3) is 0 Å². The lowest BCUT2D eigenvalue weighted by Gasteiger charge is -2.33. The number of piperidine rings is 1. The number of aliphatic hydroxyl groups is 1. The summed E-state index contributed by atoms with van der Waals surface area (Å²) in [6.45, 7) is 4.23. The Balaban J connectivity index is 2.25. The maximum atomic E-state index is 10.3. The van der Waals surface area contributed by atoms with E-state index in [0.717, 1.165) is 19.5 Å². The molecule has 0 aromatic carbocycles. The molecule has 0 bridgehead atoms. The van der Waals surface area contributed by atoms with E-state index in [1.54, 1.807) is 0 Å². The predicted octanol–water partition coefficient (Wildman–Crippen LogP) is 0.164. The molecule has 0 aromatic rings. The van der Waals surface area contributed by atoms with Gasteiger partial charge in [-0.25, -0.2) is 0 Å². The van der Waals surface area contributed by atoms with E-state index in [2.05, 4.69) is 4.90 Å². The fourth-order valence-corrected chi connectivity index (χ4v) is 1.68. The molecule has 0 unspecified atom stereocenters. The summed E-state index contributed by atoms with van der Waals surface area (Å²) in [6, 6.07) is 0. The van der Waals surface area contributed by atoms with Crippen LogP contribution in [0.15, 0.2) is 0 Å². The minimum atomic E-state index is -0.751. The average molecular weight is 187 g/mol. The van der Waals surface area contributed by atoms with Gasteiger partial charge in [-0.2, -0.15) is 0 Å². The summed E-state index contributed by atoms with van der Waals surface area (Å²) in [5, 5.41) is 17.9. The standard InChI is InChI=1S/C9H17NO3/c1-7-6-10(4-2-8(7)11)5-3-9(12)13/h7-8,11H,2-6H2,1H3,(H,12,13)/t7-,8-/m1/s1. The van der Waals surface area contributed by atoms with E-state index >= 15 is 0 Å². The minimum Gasteiger partial charge on any atom is -0.481 e. The molecule has 1 rings (SSSR count). The fraction of sp³-hybridized carbons (Fsp3) is 0.889. The second-order valence-corrected chi connectivity index (χ2v) is 3.78. The van der Waals surface area contributed by atoms with Gasteiger partial charge >= 0.3 is 5.97 Å². The number of likely N-dealkylation sites (tertiary alicyclic amines) is 1. The highest BCUT2D eigenvalue weighted by Crippen LogP contribution is 2.16. The third-order valence-electron chi connectivity index (χ3n) is 2.59. The molecule has 1 aliphatic heterocycles. The van der Waals surface area contributed by atoms with Crippen LogP contribution in [0.3, 0.4) is 0 Å². The van der Waals surface area contributed by atoms with Gasteiger partial charge in [-0.1, -0.05) is 6.92 Å². The van der Waals surface area contributed by atoms with Crippen molar-refractivity contribution in [1.82, 2.24) is 4.90 Å². The Bertz CT molecular complexity index is 184. The summed E-state index contributed by atoms with van der Waals surface area (Å²) in [7, 11) is 0. The number of hydrogen-bond acceptors (Lipinski definition) is 3. The average Bonchev–Trinajstić information content (AvgIpc) is 2.07. The third kappa shape index (κ3) is 3.32. The number of carbonyl (C=O) groups is 1. The van der Waals surface area contributed by atoms with Crippen molar-refractivity contribution in [2.45, 2.75) is 25.9 Å². The van der Waals surface area contributed by atoms with Gasteiger partial charge in [0.1, 0.15) is 0 Å². The molecule has 0 aromatic heterocycles. The molecule has 1 saturated heterocycles. The van der Waals surface area contributed by atoms with Crippen molar-refractivity contribution in [2.75, 3.05) is 19.6 Å². The zero-order valence-electron chi connectivity index (χ0n) is 7.94. The zero-order valence-corrected chi connectivity index (χ0v) is 7.94. The number of carboxylic acids is 1. The summed E-state index contributed by atoms with van der Waals surface area (Å²) < 4.78 is 0. The Morgan fingerprint density at radius 3 is 2.85 bits per heavy atom. The predicted molar refractivity (Wildman–Crippen MR) is 48.5 cm³/mol. The van der Waals surface area contributed by atoms with Gasteiger partial charge in [-0.3, -0.25) is 4.79 Å². The lowest BCUT2D eigenvalue weighted by molar-refractivity contribution is -0.137. The zero-order chi connectivity index (χ0) is 9.84. The Morgan fingerprint density at radius 1 is 1.62 bits per heavy atom. The van der Waals surface area contributed by atoms with E-state index in [1.165, 1.54) is 0 Å². The number of carboxylic acid groups (broad SMARTS) is 1. The first-order valence-corrected chi connectivity index (χ1v) is 4.72. The van der Waals surface area contributed by atoms with Crippen molar-refractivity contribution in [1.29, 1.82) is 0 Å². The largest absolute Gasteiger partial charge is 0.481 e. The smallest absolute Gasteiger partial charge is 0.304 e.